The number of methoxy groups -OCH3 is 1. The lowest BCUT2D eigenvalue weighted by atomic mass is 10.0. The number of ether oxygens (including phenoxy) is 1. The maximum absolute atomic E-state index is 12.9. The molecule has 1 atom stereocenters. The summed E-state index contributed by atoms with van der Waals surface area (Å²) in [4.78, 5) is 21.6. The molecule has 0 aliphatic carbocycles. The normalized spacial score (nSPS) is 12.4. The first-order valence-corrected chi connectivity index (χ1v) is 10.6. The summed E-state index contributed by atoms with van der Waals surface area (Å²) in [5, 5.41) is 9.20. The largest absolute Gasteiger partial charge is 0.375 e. The predicted molar refractivity (Wildman–Crippen MR) is 120 cm³/mol. The van der Waals surface area contributed by atoms with Crippen LogP contribution < -0.4 is 5.73 Å². The molecule has 4 rings (SSSR count). The third kappa shape index (κ3) is 4.51. The quantitative estimate of drug-likeness (QED) is 0.417. The first-order valence-electron chi connectivity index (χ1n) is 9.85. The lowest BCUT2D eigenvalue weighted by Crippen LogP contribution is -2.15. The molecule has 11 heteroatoms. The van der Waals surface area contributed by atoms with Crippen LogP contribution in [0.1, 0.15) is 35.4 Å². The number of carbonyl (C=O) groups excluding carboxylic acids is 1. The third-order valence-electron chi connectivity index (χ3n) is 5.07. The molecular weight excluding hydrogens is 453 g/mol. The van der Waals surface area contributed by atoms with Gasteiger partial charge in [-0.3, -0.25) is 4.79 Å². The number of pyridine rings is 1. The second kappa shape index (κ2) is 9.33. The second-order valence-corrected chi connectivity index (χ2v) is 8.12. The van der Waals surface area contributed by atoms with Gasteiger partial charge in [-0.25, -0.2) is 19.2 Å². The molecule has 0 aliphatic rings. The van der Waals surface area contributed by atoms with Crippen molar-refractivity contribution in [1.82, 2.24) is 29.4 Å². The van der Waals surface area contributed by atoms with Gasteiger partial charge in [0.2, 0.25) is 0 Å². The number of hydrogen-bond acceptors (Lipinski definition) is 7. The summed E-state index contributed by atoms with van der Waals surface area (Å²) in [5.74, 6) is 0.452. The fourth-order valence-corrected chi connectivity index (χ4v) is 3.91. The van der Waals surface area contributed by atoms with Crippen molar-refractivity contribution in [3.8, 4) is 5.82 Å². The van der Waals surface area contributed by atoms with Gasteiger partial charge in [0.05, 0.1) is 23.0 Å². The van der Waals surface area contributed by atoms with Gasteiger partial charge in [0.1, 0.15) is 5.78 Å². The lowest BCUT2D eigenvalue weighted by molar-refractivity contribution is -0.117. The van der Waals surface area contributed by atoms with Crippen LogP contribution >= 0.6 is 23.2 Å². The Morgan fingerprint density at radius 2 is 1.97 bits per heavy atom. The molecule has 0 spiro atoms. The number of nitrogens with zero attached hydrogens (tertiary/aromatic N) is 6. The summed E-state index contributed by atoms with van der Waals surface area (Å²) in [6.45, 7) is 2.26. The number of hydrogen-bond donors (Lipinski definition) is 1. The summed E-state index contributed by atoms with van der Waals surface area (Å²) in [7, 11) is 1.60. The molecule has 32 heavy (non-hydrogen) atoms. The van der Waals surface area contributed by atoms with E-state index in [0.29, 0.717) is 33.7 Å². The Bertz CT molecular complexity index is 1280. The van der Waals surface area contributed by atoms with Crippen LogP contribution in [-0.2, 0) is 28.9 Å². The molecule has 9 nitrogen and oxygen atoms in total. The van der Waals surface area contributed by atoms with Crippen LogP contribution in [0.3, 0.4) is 0 Å². The molecule has 0 bridgehead atoms. The Balaban J connectivity index is 1.55. The van der Waals surface area contributed by atoms with Crippen molar-refractivity contribution in [3.05, 3.63) is 69.5 Å². The zero-order valence-electron chi connectivity index (χ0n) is 17.5. The van der Waals surface area contributed by atoms with Crippen molar-refractivity contribution in [2.75, 3.05) is 7.11 Å². The molecule has 0 unspecified atom stereocenters. The van der Waals surface area contributed by atoms with Crippen molar-refractivity contribution in [3.63, 3.8) is 0 Å². The number of rotatable bonds is 8. The van der Waals surface area contributed by atoms with E-state index >= 15 is 0 Å². The molecule has 0 radical (unpaired) electrons. The second-order valence-electron chi connectivity index (χ2n) is 7.32. The molecule has 0 amide bonds. The Hall–Kier alpha value is -2.85. The van der Waals surface area contributed by atoms with E-state index in [1.165, 1.54) is 0 Å². The van der Waals surface area contributed by atoms with Crippen LogP contribution in [-0.4, -0.2) is 42.3 Å². The van der Waals surface area contributed by atoms with Gasteiger partial charge < -0.3 is 10.5 Å². The van der Waals surface area contributed by atoms with E-state index in [1.807, 2.05) is 6.92 Å². The fourth-order valence-electron chi connectivity index (χ4n) is 3.46. The summed E-state index contributed by atoms with van der Waals surface area (Å²) in [5.41, 5.74) is 9.24. The Labute approximate surface area is 194 Å². The summed E-state index contributed by atoms with van der Waals surface area (Å²) in [6, 6.07) is 3.38. The van der Waals surface area contributed by atoms with Crippen molar-refractivity contribution in [2.24, 2.45) is 5.73 Å². The molecular formula is C21H21Cl2N7O2. The molecule has 2 N–H and O–H groups in total. The van der Waals surface area contributed by atoms with E-state index in [9.17, 15) is 4.79 Å². The highest BCUT2D eigenvalue weighted by Crippen LogP contribution is 2.24. The molecule has 0 saturated carbocycles. The Morgan fingerprint density at radius 1 is 1.16 bits per heavy atom. The molecule has 0 aliphatic heterocycles. The van der Waals surface area contributed by atoms with Gasteiger partial charge in [-0.1, -0.05) is 23.2 Å². The van der Waals surface area contributed by atoms with Gasteiger partial charge in [0.15, 0.2) is 16.6 Å². The van der Waals surface area contributed by atoms with Crippen LogP contribution in [0, 0.1) is 0 Å². The highest BCUT2D eigenvalue weighted by Gasteiger charge is 2.20. The van der Waals surface area contributed by atoms with E-state index in [0.717, 1.165) is 16.8 Å². The number of nitrogens with two attached hydrogens (primary N) is 1. The van der Waals surface area contributed by atoms with Gasteiger partial charge in [0.25, 0.3) is 0 Å². The summed E-state index contributed by atoms with van der Waals surface area (Å²) >= 11 is 12.4. The van der Waals surface area contributed by atoms with Crippen molar-refractivity contribution in [1.29, 1.82) is 0 Å². The predicted octanol–water partition coefficient (Wildman–Crippen LogP) is 3.14. The van der Waals surface area contributed by atoms with Crippen molar-refractivity contribution in [2.45, 2.75) is 32.4 Å². The Kier molecular flexibility index (Phi) is 6.52. The van der Waals surface area contributed by atoms with Crippen LogP contribution in [0.25, 0.3) is 11.5 Å². The maximum atomic E-state index is 12.9. The molecule has 0 saturated heterocycles. The summed E-state index contributed by atoms with van der Waals surface area (Å²) in [6.07, 6.45) is 6.73. The molecule has 4 aromatic rings. The number of ketones is 1. The molecule has 4 heterocycles. The SMILES string of the molecule is CO[C@@H](C)c1c(CC(=O)Cc2cnc(-n3cc(CN)cn3)c(Cl)c2)cnc2cc(Cl)nn12. The van der Waals surface area contributed by atoms with Crippen molar-refractivity contribution >= 4 is 34.6 Å². The first-order chi connectivity index (χ1) is 15.4. The minimum Gasteiger partial charge on any atom is -0.375 e. The highest BCUT2D eigenvalue weighted by molar-refractivity contribution is 6.32. The van der Waals surface area contributed by atoms with Crippen LogP contribution in [0.2, 0.25) is 10.2 Å². The Morgan fingerprint density at radius 3 is 2.66 bits per heavy atom. The van der Waals surface area contributed by atoms with Crippen molar-refractivity contribution < 1.29 is 9.53 Å². The van der Waals surface area contributed by atoms with E-state index in [1.54, 1.807) is 53.2 Å². The van der Waals surface area contributed by atoms with Crippen LogP contribution in [0.15, 0.2) is 36.9 Å². The average Bonchev–Trinajstić information content (AvgIpc) is 3.39. The smallest absolute Gasteiger partial charge is 0.172 e. The van der Waals surface area contributed by atoms with E-state index < -0.39 is 0 Å². The number of fused-ring (bicyclic) bond motifs is 1. The van der Waals surface area contributed by atoms with Gasteiger partial charge in [-0.05, 0) is 18.6 Å². The van der Waals surface area contributed by atoms with Gasteiger partial charge >= 0.3 is 0 Å². The molecule has 4 aromatic heterocycles. The fraction of sp³-hybridized carbons (Fsp3) is 0.286. The maximum Gasteiger partial charge on any atom is 0.172 e. The number of aromatic nitrogens is 6. The minimum absolute atomic E-state index is 0.0240. The van der Waals surface area contributed by atoms with Crippen LogP contribution in [0.5, 0.6) is 0 Å². The average molecular weight is 474 g/mol. The molecule has 0 fully saturated rings. The van der Waals surface area contributed by atoms with Crippen LogP contribution in [0.4, 0.5) is 0 Å². The highest BCUT2D eigenvalue weighted by atomic mass is 35.5. The monoisotopic (exact) mass is 473 g/mol. The van der Waals surface area contributed by atoms with E-state index in [2.05, 4.69) is 20.2 Å². The molecule has 166 valence electrons. The summed E-state index contributed by atoms with van der Waals surface area (Å²) < 4.78 is 8.67. The minimum atomic E-state index is -0.304. The van der Waals surface area contributed by atoms with E-state index in [4.69, 9.17) is 33.7 Å². The third-order valence-corrected chi connectivity index (χ3v) is 5.53. The van der Waals surface area contributed by atoms with Gasteiger partial charge in [0, 0.05) is 62.3 Å². The zero-order chi connectivity index (χ0) is 22.8. The van der Waals surface area contributed by atoms with Gasteiger partial charge in [-0.15, -0.1) is 0 Å². The topological polar surface area (TPSA) is 113 Å². The number of halogens is 2. The first kappa shape index (κ1) is 22.3. The number of carbonyl (C=O) groups is 1. The zero-order valence-corrected chi connectivity index (χ0v) is 19.0. The standard InChI is InChI=1S/C21H21Cl2N7O2/c1-12(32-2)20-15(10-25-19-6-18(23)28-30(19)20)5-16(31)3-13-4-17(22)21(26-8-13)29-11-14(7-24)9-27-29/h4,6,8-12H,3,5,7,24H2,1-2H3/t12-/m0/s1. The van der Waals surface area contributed by atoms with E-state index in [-0.39, 0.29) is 24.7 Å². The lowest BCUT2D eigenvalue weighted by Gasteiger charge is -2.16. The molecule has 0 aromatic carbocycles. The number of Topliss-reactive ketones (excluding diaryl/α,β-unsaturated/α-hetero) is 1. The van der Waals surface area contributed by atoms with Gasteiger partial charge in [-0.2, -0.15) is 10.2 Å².